The van der Waals surface area contributed by atoms with Crippen molar-refractivity contribution >= 4 is 23.4 Å². The van der Waals surface area contributed by atoms with Gasteiger partial charge in [-0.2, -0.15) is 0 Å². The molecule has 1 N–H and O–H groups in total. The summed E-state index contributed by atoms with van der Waals surface area (Å²) in [5, 5.41) is 2.90. The Morgan fingerprint density at radius 2 is 1.88 bits per heavy atom. The summed E-state index contributed by atoms with van der Waals surface area (Å²) in [5.41, 5.74) is 0.471. The van der Waals surface area contributed by atoms with E-state index in [-0.39, 0.29) is 18.0 Å². The monoisotopic (exact) mass is 366 g/mol. The fourth-order valence-corrected chi connectivity index (χ4v) is 2.44. The third-order valence-corrected chi connectivity index (χ3v) is 4.00. The van der Waals surface area contributed by atoms with Crippen LogP contribution in [-0.2, 0) is 11.3 Å². The second kappa shape index (κ2) is 8.58. The summed E-state index contributed by atoms with van der Waals surface area (Å²) >= 11 is 6.09. The van der Waals surface area contributed by atoms with Crippen molar-refractivity contribution in [1.82, 2.24) is 10.2 Å². The quantitative estimate of drug-likeness (QED) is 0.851. The van der Waals surface area contributed by atoms with Crippen LogP contribution in [0.4, 0.5) is 8.78 Å². The van der Waals surface area contributed by atoms with Crippen molar-refractivity contribution in [2.24, 2.45) is 0 Å². The molecule has 7 heteroatoms. The van der Waals surface area contributed by atoms with E-state index < -0.39 is 17.5 Å². The summed E-state index contributed by atoms with van der Waals surface area (Å²) in [6, 6.07) is 9.78. The van der Waals surface area contributed by atoms with Crippen LogP contribution < -0.4 is 5.32 Å². The van der Waals surface area contributed by atoms with Gasteiger partial charge in [0.2, 0.25) is 5.91 Å². The largest absolute Gasteiger partial charge is 0.343 e. The van der Waals surface area contributed by atoms with Crippen LogP contribution in [-0.4, -0.2) is 29.8 Å². The maximum atomic E-state index is 13.6. The molecule has 0 aliphatic rings. The van der Waals surface area contributed by atoms with Crippen molar-refractivity contribution in [2.75, 3.05) is 13.1 Å². The molecule has 132 valence electrons. The van der Waals surface area contributed by atoms with Crippen LogP contribution in [0.15, 0.2) is 42.5 Å². The van der Waals surface area contributed by atoms with E-state index in [1.54, 1.807) is 19.1 Å². The van der Waals surface area contributed by atoms with E-state index in [4.69, 9.17) is 11.6 Å². The molecule has 0 bridgehead atoms. The molecule has 2 amide bonds. The van der Waals surface area contributed by atoms with E-state index in [2.05, 4.69) is 5.32 Å². The average molecular weight is 367 g/mol. The summed E-state index contributed by atoms with van der Waals surface area (Å²) in [6.45, 7) is 2.23. The fourth-order valence-electron chi connectivity index (χ4n) is 2.25. The first-order valence-electron chi connectivity index (χ1n) is 7.66. The van der Waals surface area contributed by atoms with Gasteiger partial charge in [-0.15, -0.1) is 0 Å². The van der Waals surface area contributed by atoms with Crippen LogP contribution in [0.2, 0.25) is 5.02 Å². The molecule has 0 fully saturated rings. The van der Waals surface area contributed by atoms with Gasteiger partial charge in [-0.3, -0.25) is 9.59 Å². The van der Waals surface area contributed by atoms with Gasteiger partial charge >= 0.3 is 0 Å². The smallest absolute Gasteiger partial charge is 0.254 e. The van der Waals surface area contributed by atoms with Crippen molar-refractivity contribution in [3.8, 4) is 0 Å². The summed E-state index contributed by atoms with van der Waals surface area (Å²) in [4.78, 5) is 25.7. The van der Waals surface area contributed by atoms with Crippen LogP contribution in [0.25, 0.3) is 0 Å². The van der Waals surface area contributed by atoms with E-state index in [1.807, 2.05) is 12.1 Å². The Morgan fingerprint density at radius 1 is 1.16 bits per heavy atom. The molecule has 2 aromatic rings. The van der Waals surface area contributed by atoms with Crippen molar-refractivity contribution in [3.63, 3.8) is 0 Å². The minimum absolute atomic E-state index is 0.298. The number of halogens is 3. The van der Waals surface area contributed by atoms with Gasteiger partial charge in [0.05, 0.1) is 12.1 Å². The first-order chi connectivity index (χ1) is 11.9. The molecule has 0 heterocycles. The Kier molecular flexibility index (Phi) is 6.47. The Morgan fingerprint density at radius 3 is 2.52 bits per heavy atom. The highest BCUT2D eigenvalue weighted by atomic mass is 35.5. The Bertz CT molecular complexity index is 783. The van der Waals surface area contributed by atoms with E-state index in [1.165, 1.54) is 4.90 Å². The molecule has 25 heavy (non-hydrogen) atoms. The lowest BCUT2D eigenvalue weighted by Crippen LogP contribution is -2.40. The lowest BCUT2D eigenvalue weighted by atomic mass is 10.2. The number of nitrogens with zero attached hydrogens (tertiary/aromatic N) is 1. The average Bonchev–Trinajstić information content (AvgIpc) is 2.58. The summed E-state index contributed by atoms with van der Waals surface area (Å²) < 4.78 is 26.4. The Hall–Kier alpha value is -2.47. The zero-order valence-electron chi connectivity index (χ0n) is 13.6. The SMILES string of the molecule is CCN(Cc1ccccc1Cl)C(=O)CNC(=O)c1ccc(F)cc1F. The lowest BCUT2D eigenvalue weighted by Gasteiger charge is -2.21. The number of benzene rings is 2. The van der Waals surface area contributed by atoms with Gasteiger partial charge in [0.15, 0.2) is 0 Å². The maximum Gasteiger partial charge on any atom is 0.254 e. The van der Waals surface area contributed by atoms with Crippen LogP contribution in [0.5, 0.6) is 0 Å². The van der Waals surface area contributed by atoms with Gasteiger partial charge in [0.25, 0.3) is 5.91 Å². The molecule has 0 radical (unpaired) electrons. The minimum Gasteiger partial charge on any atom is -0.343 e. The first-order valence-corrected chi connectivity index (χ1v) is 8.04. The van der Waals surface area contributed by atoms with Gasteiger partial charge in [-0.1, -0.05) is 29.8 Å². The number of hydrogen-bond donors (Lipinski definition) is 1. The molecule has 0 saturated heterocycles. The molecule has 0 aromatic heterocycles. The highest BCUT2D eigenvalue weighted by Gasteiger charge is 2.17. The van der Waals surface area contributed by atoms with Crippen molar-refractivity contribution in [2.45, 2.75) is 13.5 Å². The molecule has 2 aromatic carbocycles. The van der Waals surface area contributed by atoms with Crippen molar-refractivity contribution < 1.29 is 18.4 Å². The molecule has 0 aliphatic heterocycles. The lowest BCUT2D eigenvalue weighted by molar-refractivity contribution is -0.130. The number of amides is 2. The van der Waals surface area contributed by atoms with Gasteiger partial charge in [-0.25, -0.2) is 8.78 Å². The van der Waals surface area contributed by atoms with Crippen LogP contribution in [0, 0.1) is 11.6 Å². The zero-order valence-corrected chi connectivity index (χ0v) is 14.3. The second-order valence-corrected chi connectivity index (χ2v) is 5.71. The van der Waals surface area contributed by atoms with Crippen LogP contribution in [0.3, 0.4) is 0 Å². The Balaban J connectivity index is 1.97. The van der Waals surface area contributed by atoms with Gasteiger partial charge < -0.3 is 10.2 Å². The standard InChI is InChI=1S/C18H17ClF2N2O2/c1-2-23(11-12-5-3-4-6-15(12)19)17(24)10-22-18(25)14-8-7-13(20)9-16(14)21/h3-9H,2,10-11H2,1H3,(H,22,25). The summed E-state index contributed by atoms with van der Waals surface area (Å²) in [6.07, 6.45) is 0. The highest BCUT2D eigenvalue weighted by Crippen LogP contribution is 2.17. The predicted octanol–water partition coefficient (Wildman–Crippen LogP) is 3.40. The van der Waals surface area contributed by atoms with E-state index in [9.17, 15) is 18.4 Å². The van der Waals surface area contributed by atoms with Crippen molar-refractivity contribution in [1.29, 1.82) is 0 Å². The Labute approximate surface area is 149 Å². The van der Waals surface area contributed by atoms with Gasteiger partial charge in [0, 0.05) is 24.2 Å². The van der Waals surface area contributed by atoms with Gasteiger partial charge in [0.1, 0.15) is 11.6 Å². The van der Waals surface area contributed by atoms with E-state index >= 15 is 0 Å². The molecular formula is C18H17ClF2N2O2. The first kappa shape index (κ1) is 18.9. The van der Waals surface area contributed by atoms with E-state index in [0.29, 0.717) is 24.2 Å². The molecule has 0 unspecified atom stereocenters. The second-order valence-electron chi connectivity index (χ2n) is 5.31. The van der Waals surface area contributed by atoms with Crippen molar-refractivity contribution in [3.05, 3.63) is 70.2 Å². The maximum absolute atomic E-state index is 13.6. The highest BCUT2D eigenvalue weighted by molar-refractivity contribution is 6.31. The number of hydrogen-bond acceptors (Lipinski definition) is 2. The number of carbonyl (C=O) groups excluding carboxylic acids is 2. The zero-order chi connectivity index (χ0) is 18.4. The molecule has 0 spiro atoms. The summed E-state index contributed by atoms with van der Waals surface area (Å²) in [7, 11) is 0. The number of likely N-dealkylation sites (N-methyl/N-ethyl adjacent to an activating group) is 1. The fraction of sp³-hybridized carbons (Fsp3) is 0.222. The third kappa shape index (κ3) is 5.00. The normalized spacial score (nSPS) is 10.4. The number of rotatable bonds is 6. The third-order valence-electron chi connectivity index (χ3n) is 3.63. The molecule has 0 saturated carbocycles. The topological polar surface area (TPSA) is 49.4 Å². The number of carbonyl (C=O) groups is 2. The minimum atomic E-state index is -0.978. The van der Waals surface area contributed by atoms with Gasteiger partial charge in [-0.05, 0) is 30.7 Å². The predicted molar refractivity (Wildman–Crippen MR) is 91.2 cm³/mol. The van der Waals surface area contributed by atoms with Crippen LogP contribution >= 0.6 is 11.6 Å². The summed E-state index contributed by atoms with van der Waals surface area (Å²) in [5.74, 6) is -2.87. The molecule has 0 aliphatic carbocycles. The number of nitrogens with one attached hydrogen (secondary N) is 1. The van der Waals surface area contributed by atoms with E-state index in [0.717, 1.165) is 17.7 Å². The molecule has 4 nitrogen and oxygen atoms in total. The van der Waals surface area contributed by atoms with Crippen LogP contribution in [0.1, 0.15) is 22.8 Å². The molecule has 0 atom stereocenters. The molecule has 2 rings (SSSR count). The molecular weight excluding hydrogens is 350 g/mol.